The molecular weight excluding hydrogens is 424 g/mol. The molecule has 1 heterocycles. The van der Waals surface area contributed by atoms with E-state index in [0.717, 1.165) is 54.3 Å². The lowest BCUT2D eigenvalue weighted by Crippen LogP contribution is -2.52. The van der Waals surface area contributed by atoms with Gasteiger partial charge in [-0.3, -0.25) is 9.48 Å². The molecule has 184 valence electrons. The van der Waals surface area contributed by atoms with E-state index in [4.69, 9.17) is 4.74 Å². The molecule has 1 N–H and O–H groups in total. The third-order valence-electron chi connectivity index (χ3n) is 10.7. The number of aliphatic hydroxyl groups is 1. The molecule has 8 atom stereocenters. The Morgan fingerprint density at radius 1 is 1.09 bits per heavy atom. The molecule has 34 heavy (non-hydrogen) atoms. The first kappa shape index (κ1) is 22.7. The number of Topliss-reactive ketones (excluding diaryl/α,β-unsaturated/α-hetero) is 1. The summed E-state index contributed by atoms with van der Waals surface area (Å²) in [7, 11) is 1.70. The van der Waals surface area contributed by atoms with E-state index >= 15 is 0 Å². The number of ketones is 1. The monoisotopic (exact) mass is 464 g/mol. The number of rotatable bonds is 5. The lowest BCUT2D eigenvalue weighted by molar-refractivity contribution is -0.136. The Morgan fingerprint density at radius 3 is 2.74 bits per heavy atom. The third-order valence-corrected chi connectivity index (χ3v) is 10.7. The Labute approximate surface area is 203 Å². The van der Waals surface area contributed by atoms with Crippen molar-refractivity contribution in [3.05, 3.63) is 30.5 Å². The molecule has 2 aromatic rings. The van der Waals surface area contributed by atoms with Crippen LogP contribution in [0.4, 0.5) is 0 Å². The van der Waals surface area contributed by atoms with Gasteiger partial charge in [-0.25, -0.2) is 0 Å². The molecule has 4 aliphatic carbocycles. The van der Waals surface area contributed by atoms with Crippen molar-refractivity contribution in [1.29, 1.82) is 0 Å². The van der Waals surface area contributed by atoms with E-state index in [-0.39, 0.29) is 11.3 Å². The van der Waals surface area contributed by atoms with Crippen LogP contribution in [0.15, 0.2) is 30.5 Å². The van der Waals surface area contributed by atoms with E-state index < -0.39 is 5.60 Å². The molecule has 0 aliphatic heterocycles. The molecule has 0 unspecified atom stereocenters. The van der Waals surface area contributed by atoms with Crippen molar-refractivity contribution in [3.8, 4) is 0 Å². The normalized spacial score (nSPS) is 41.6. The zero-order valence-electron chi connectivity index (χ0n) is 20.8. The van der Waals surface area contributed by atoms with Gasteiger partial charge in [-0.15, -0.1) is 0 Å². The second kappa shape index (κ2) is 8.44. The molecule has 0 bridgehead atoms. The van der Waals surface area contributed by atoms with Gasteiger partial charge in [-0.1, -0.05) is 25.1 Å². The minimum Gasteiger partial charge on any atom is -0.387 e. The first-order valence-electron chi connectivity index (χ1n) is 13.6. The quantitative estimate of drug-likeness (QED) is 0.656. The fourth-order valence-corrected chi connectivity index (χ4v) is 9.26. The lowest BCUT2D eigenvalue weighted by Gasteiger charge is -2.57. The Bertz CT molecular complexity index is 1030. The Balaban J connectivity index is 1.16. The highest BCUT2D eigenvalue weighted by molar-refractivity contribution is 5.83. The topological polar surface area (TPSA) is 64.3 Å². The smallest absolute Gasteiger partial charge is 0.157 e. The van der Waals surface area contributed by atoms with Gasteiger partial charge in [-0.2, -0.15) is 5.10 Å². The molecule has 0 spiro atoms. The van der Waals surface area contributed by atoms with E-state index in [1.807, 2.05) is 29.1 Å². The van der Waals surface area contributed by atoms with Gasteiger partial charge in [0.1, 0.15) is 0 Å². The van der Waals surface area contributed by atoms with Crippen molar-refractivity contribution in [2.75, 3.05) is 13.7 Å². The predicted molar refractivity (Wildman–Crippen MR) is 132 cm³/mol. The molecular formula is C29H40N2O3. The maximum Gasteiger partial charge on any atom is 0.157 e. The number of methoxy groups -OCH3 is 1. The van der Waals surface area contributed by atoms with E-state index in [2.05, 4.69) is 18.1 Å². The standard InChI is InChI=1S/C29H40N2O3/c1-28-13-11-22-21-12-14-29(33,18-34-2)15-19(21)7-8-23(22)24(28)9-10-25(28)27(32)17-31-16-20-5-3-4-6-26(20)30-31/h3-6,16,19,21-25,33H,7-15,17-18H2,1-2H3/t19-,21-,22+,23+,24-,25+,28-,29+/m0/s1. The molecule has 0 radical (unpaired) electrons. The van der Waals surface area contributed by atoms with Crippen LogP contribution in [0.25, 0.3) is 10.9 Å². The SMILES string of the molecule is COC[C@@]1(O)CC[C@H]2[C@@H](CC[C@@H]3[C@@H]2CC[C@]2(C)[C@@H](C(=O)Cn4cc5ccccc5n4)CC[C@@H]32)C1. The highest BCUT2D eigenvalue weighted by Crippen LogP contribution is 2.64. The number of hydrogen-bond acceptors (Lipinski definition) is 4. The number of aromatic nitrogens is 2. The van der Waals surface area contributed by atoms with Crippen LogP contribution in [-0.4, -0.2) is 40.0 Å². The van der Waals surface area contributed by atoms with Crippen molar-refractivity contribution in [2.45, 2.75) is 76.9 Å². The van der Waals surface area contributed by atoms with Gasteiger partial charge in [-0.05, 0) is 98.9 Å². The Hall–Kier alpha value is -1.72. The summed E-state index contributed by atoms with van der Waals surface area (Å²) in [4.78, 5) is 13.6. The zero-order chi connectivity index (χ0) is 23.5. The fraction of sp³-hybridized carbons (Fsp3) is 0.724. The van der Waals surface area contributed by atoms with E-state index in [0.29, 0.717) is 30.8 Å². The summed E-state index contributed by atoms with van der Waals surface area (Å²) in [6.45, 7) is 3.31. The average molecular weight is 465 g/mol. The molecule has 6 rings (SSSR count). The minimum absolute atomic E-state index is 0.142. The third kappa shape index (κ3) is 3.65. The number of ether oxygens (including phenoxy) is 1. The molecule has 4 fully saturated rings. The maximum atomic E-state index is 13.6. The number of fused-ring (bicyclic) bond motifs is 6. The molecule has 1 aromatic heterocycles. The molecule has 5 nitrogen and oxygen atoms in total. The van der Waals surface area contributed by atoms with E-state index in [9.17, 15) is 9.90 Å². The number of nitrogens with zero attached hydrogens (tertiary/aromatic N) is 2. The van der Waals surface area contributed by atoms with Crippen LogP contribution < -0.4 is 0 Å². The molecule has 4 aliphatic rings. The Kier molecular flexibility index (Phi) is 5.64. The van der Waals surface area contributed by atoms with E-state index in [1.54, 1.807) is 7.11 Å². The zero-order valence-corrected chi connectivity index (χ0v) is 20.8. The minimum atomic E-state index is -0.617. The summed E-state index contributed by atoms with van der Waals surface area (Å²) in [5.74, 6) is 4.18. The molecule has 5 heteroatoms. The fourth-order valence-electron chi connectivity index (χ4n) is 9.26. The average Bonchev–Trinajstić information content (AvgIpc) is 3.38. The second-order valence-electron chi connectivity index (χ2n) is 12.4. The van der Waals surface area contributed by atoms with Crippen LogP contribution in [0.3, 0.4) is 0 Å². The van der Waals surface area contributed by atoms with Crippen molar-refractivity contribution in [3.63, 3.8) is 0 Å². The van der Waals surface area contributed by atoms with E-state index in [1.165, 1.54) is 32.1 Å². The maximum absolute atomic E-state index is 13.6. The van der Waals surface area contributed by atoms with Crippen LogP contribution in [0.5, 0.6) is 0 Å². The summed E-state index contributed by atoms with van der Waals surface area (Å²) in [5.41, 5.74) is 0.491. The summed E-state index contributed by atoms with van der Waals surface area (Å²) in [6, 6.07) is 8.11. The van der Waals surface area contributed by atoms with Gasteiger partial charge in [0.2, 0.25) is 0 Å². The van der Waals surface area contributed by atoms with Crippen LogP contribution in [0.1, 0.15) is 64.7 Å². The van der Waals surface area contributed by atoms with Crippen LogP contribution in [0.2, 0.25) is 0 Å². The predicted octanol–water partition coefficient (Wildman–Crippen LogP) is 5.25. The number of carbonyl (C=O) groups is 1. The van der Waals surface area contributed by atoms with Gasteiger partial charge in [0.25, 0.3) is 0 Å². The Morgan fingerprint density at radius 2 is 1.91 bits per heavy atom. The summed E-state index contributed by atoms with van der Waals surface area (Å²) >= 11 is 0. The highest BCUT2D eigenvalue weighted by atomic mass is 16.5. The second-order valence-corrected chi connectivity index (χ2v) is 12.4. The molecule has 0 saturated heterocycles. The first-order chi connectivity index (χ1) is 16.4. The summed E-state index contributed by atoms with van der Waals surface area (Å²) < 4.78 is 7.21. The van der Waals surface area contributed by atoms with Crippen LogP contribution >= 0.6 is 0 Å². The van der Waals surface area contributed by atoms with Crippen LogP contribution in [-0.2, 0) is 16.1 Å². The van der Waals surface area contributed by atoms with Gasteiger partial charge in [0.05, 0.1) is 24.3 Å². The van der Waals surface area contributed by atoms with Crippen molar-refractivity contribution in [2.24, 2.45) is 40.9 Å². The van der Waals surface area contributed by atoms with Crippen molar-refractivity contribution < 1.29 is 14.6 Å². The van der Waals surface area contributed by atoms with Gasteiger partial charge >= 0.3 is 0 Å². The largest absolute Gasteiger partial charge is 0.387 e. The van der Waals surface area contributed by atoms with Gasteiger partial charge in [0.15, 0.2) is 5.78 Å². The molecule has 1 aromatic carbocycles. The summed E-state index contributed by atoms with van der Waals surface area (Å²) in [5, 5.41) is 16.7. The van der Waals surface area contributed by atoms with Gasteiger partial charge < -0.3 is 9.84 Å². The van der Waals surface area contributed by atoms with Crippen molar-refractivity contribution in [1.82, 2.24) is 9.78 Å². The van der Waals surface area contributed by atoms with Crippen molar-refractivity contribution >= 4 is 16.7 Å². The number of carbonyl (C=O) groups excluding carboxylic acids is 1. The highest BCUT2D eigenvalue weighted by Gasteiger charge is 2.59. The number of benzene rings is 1. The first-order valence-corrected chi connectivity index (χ1v) is 13.6. The van der Waals surface area contributed by atoms with Crippen LogP contribution in [0, 0.1) is 40.9 Å². The number of hydrogen-bond donors (Lipinski definition) is 1. The molecule has 4 saturated carbocycles. The van der Waals surface area contributed by atoms with Gasteiger partial charge in [0, 0.05) is 24.6 Å². The lowest BCUT2D eigenvalue weighted by atomic mass is 9.49. The molecule has 0 amide bonds. The summed E-state index contributed by atoms with van der Waals surface area (Å²) in [6.07, 6.45) is 12.2.